The predicted octanol–water partition coefficient (Wildman–Crippen LogP) is 0.537. The normalized spacial score (nSPS) is 22.6. The van der Waals surface area contributed by atoms with E-state index in [-0.39, 0.29) is 36.4 Å². The van der Waals surface area contributed by atoms with Gasteiger partial charge in [-0.15, -0.1) is 0 Å². The van der Waals surface area contributed by atoms with Gasteiger partial charge in [-0.3, -0.25) is 14.5 Å². The van der Waals surface area contributed by atoms with Crippen molar-refractivity contribution in [2.75, 3.05) is 13.7 Å². The van der Waals surface area contributed by atoms with Gasteiger partial charge in [0.2, 0.25) is 11.8 Å². The number of ether oxygens (including phenoxy) is 1. The summed E-state index contributed by atoms with van der Waals surface area (Å²) in [4.78, 5) is 25.0. The van der Waals surface area contributed by atoms with Gasteiger partial charge >= 0.3 is 0 Å². The Morgan fingerprint density at radius 2 is 2.06 bits per heavy atom. The van der Waals surface area contributed by atoms with Crippen LogP contribution in [0.1, 0.15) is 33.6 Å². The number of carbonyl (C=O) groups excluding carboxylic acids is 2. The first-order chi connectivity index (χ1) is 7.97. The molecule has 5 heteroatoms. The van der Waals surface area contributed by atoms with Gasteiger partial charge in [-0.25, -0.2) is 0 Å². The van der Waals surface area contributed by atoms with Crippen molar-refractivity contribution in [2.24, 2.45) is 0 Å². The second-order valence-electron chi connectivity index (χ2n) is 4.80. The number of hydrogen-bond donors (Lipinski definition) is 1. The minimum Gasteiger partial charge on any atom is -0.385 e. The number of rotatable bonds is 6. The SMILES string of the molecule is COCCC(C)NC1CC(=O)N(C(C)C)C1=O. The summed E-state index contributed by atoms with van der Waals surface area (Å²) in [6.07, 6.45) is 1.10. The molecule has 1 heterocycles. The molecule has 2 amide bonds. The number of imide groups is 1. The Morgan fingerprint density at radius 1 is 1.41 bits per heavy atom. The highest BCUT2D eigenvalue weighted by atomic mass is 16.5. The Labute approximate surface area is 102 Å². The van der Waals surface area contributed by atoms with E-state index in [0.29, 0.717) is 6.61 Å². The fraction of sp³-hybridized carbons (Fsp3) is 0.833. The van der Waals surface area contributed by atoms with Crippen LogP contribution >= 0.6 is 0 Å². The van der Waals surface area contributed by atoms with Crippen LogP contribution in [-0.4, -0.2) is 48.6 Å². The molecular weight excluding hydrogens is 220 g/mol. The molecule has 1 fully saturated rings. The highest BCUT2D eigenvalue weighted by molar-refractivity contribution is 6.05. The number of nitrogens with one attached hydrogen (secondary N) is 1. The number of carbonyl (C=O) groups is 2. The monoisotopic (exact) mass is 242 g/mol. The highest BCUT2D eigenvalue weighted by Crippen LogP contribution is 2.16. The molecule has 17 heavy (non-hydrogen) atoms. The van der Waals surface area contributed by atoms with Gasteiger partial charge in [-0.1, -0.05) is 0 Å². The lowest BCUT2D eigenvalue weighted by atomic mass is 10.2. The minimum atomic E-state index is -0.364. The van der Waals surface area contributed by atoms with E-state index in [9.17, 15) is 9.59 Å². The minimum absolute atomic E-state index is 0.0592. The zero-order valence-corrected chi connectivity index (χ0v) is 11.0. The molecule has 1 rings (SSSR count). The van der Waals surface area contributed by atoms with E-state index in [4.69, 9.17) is 4.74 Å². The van der Waals surface area contributed by atoms with E-state index >= 15 is 0 Å². The van der Waals surface area contributed by atoms with Crippen molar-refractivity contribution in [3.8, 4) is 0 Å². The zero-order chi connectivity index (χ0) is 13.0. The highest BCUT2D eigenvalue weighted by Gasteiger charge is 2.40. The van der Waals surface area contributed by atoms with E-state index < -0.39 is 0 Å². The van der Waals surface area contributed by atoms with Crippen LogP contribution in [0.2, 0.25) is 0 Å². The Balaban J connectivity index is 2.51. The number of hydrogen-bond acceptors (Lipinski definition) is 4. The number of methoxy groups -OCH3 is 1. The quantitative estimate of drug-likeness (QED) is 0.691. The van der Waals surface area contributed by atoms with Crippen molar-refractivity contribution < 1.29 is 14.3 Å². The third kappa shape index (κ3) is 3.51. The molecule has 0 aromatic rings. The van der Waals surface area contributed by atoms with Crippen molar-refractivity contribution in [1.82, 2.24) is 10.2 Å². The maximum absolute atomic E-state index is 12.0. The smallest absolute Gasteiger partial charge is 0.247 e. The third-order valence-corrected chi connectivity index (χ3v) is 2.94. The van der Waals surface area contributed by atoms with E-state index in [1.807, 2.05) is 20.8 Å². The third-order valence-electron chi connectivity index (χ3n) is 2.94. The average Bonchev–Trinajstić information content (AvgIpc) is 2.51. The first-order valence-corrected chi connectivity index (χ1v) is 6.08. The lowest BCUT2D eigenvalue weighted by Crippen LogP contribution is -2.44. The topological polar surface area (TPSA) is 58.6 Å². The molecule has 0 radical (unpaired) electrons. The Bertz CT molecular complexity index is 291. The Morgan fingerprint density at radius 3 is 2.53 bits per heavy atom. The van der Waals surface area contributed by atoms with Crippen LogP contribution < -0.4 is 5.32 Å². The summed E-state index contributed by atoms with van der Waals surface area (Å²) < 4.78 is 4.98. The van der Waals surface area contributed by atoms with E-state index in [2.05, 4.69) is 5.32 Å². The Hall–Kier alpha value is -0.940. The summed E-state index contributed by atoms with van der Waals surface area (Å²) in [6.45, 7) is 6.35. The molecule has 1 aliphatic heterocycles. The second-order valence-corrected chi connectivity index (χ2v) is 4.80. The molecule has 1 saturated heterocycles. The van der Waals surface area contributed by atoms with Crippen LogP contribution in [0.5, 0.6) is 0 Å². The molecule has 0 bridgehead atoms. The van der Waals surface area contributed by atoms with Gasteiger partial charge in [0.15, 0.2) is 0 Å². The molecule has 2 unspecified atom stereocenters. The van der Waals surface area contributed by atoms with Gasteiger partial charge in [0, 0.05) is 25.8 Å². The van der Waals surface area contributed by atoms with Gasteiger partial charge in [0.05, 0.1) is 12.5 Å². The van der Waals surface area contributed by atoms with Crippen LogP contribution in [0.25, 0.3) is 0 Å². The number of likely N-dealkylation sites (tertiary alicyclic amines) is 1. The van der Waals surface area contributed by atoms with Gasteiger partial charge in [-0.05, 0) is 27.2 Å². The molecule has 1 N–H and O–H groups in total. The van der Waals surface area contributed by atoms with Crippen molar-refractivity contribution in [1.29, 1.82) is 0 Å². The van der Waals surface area contributed by atoms with Crippen LogP contribution in [0.15, 0.2) is 0 Å². The molecule has 0 aromatic carbocycles. The molecule has 0 spiro atoms. The fourth-order valence-corrected chi connectivity index (χ4v) is 2.05. The predicted molar refractivity (Wildman–Crippen MR) is 64.5 cm³/mol. The summed E-state index contributed by atoms with van der Waals surface area (Å²) in [5.74, 6) is -0.185. The Kier molecular flexibility index (Phi) is 5.08. The number of nitrogens with zero attached hydrogens (tertiary/aromatic N) is 1. The van der Waals surface area contributed by atoms with Crippen LogP contribution in [0, 0.1) is 0 Å². The molecule has 1 aliphatic rings. The summed E-state index contributed by atoms with van der Waals surface area (Å²) in [6, 6.07) is -0.253. The molecule has 98 valence electrons. The van der Waals surface area contributed by atoms with E-state index in [1.54, 1.807) is 7.11 Å². The van der Waals surface area contributed by atoms with Gasteiger partial charge in [-0.2, -0.15) is 0 Å². The lowest BCUT2D eigenvalue weighted by Gasteiger charge is -2.21. The van der Waals surface area contributed by atoms with Crippen molar-refractivity contribution in [3.05, 3.63) is 0 Å². The van der Waals surface area contributed by atoms with Crippen molar-refractivity contribution >= 4 is 11.8 Å². The standard InChI is InChI=1S/C12H22N2O3/c1-8(2)14-11(15)7-10(12(14)16)13-9(3)5-6-17-4/h8-10,13H,5-7H2,1-4H3. The summed E-state index contributed by atoms with van der Waals surface area (Å²) in [5.41, 5.74) is 0. The number of amides is 2. The largest absolute Gasteiger partial charge is 0.385 e. The second kappa shape index (κ2) is 6.12. The van der Waals surface area contributed by atoms with Crippen LogP contribution in [0.4, 0.5) is 0 Å². The lowest BCUT2D eigenvalue weighted by molar-refractivity contribution is -0.140. The molecule has 5 nitrogen and oxygen atoms in total. The van der Waals surface area contributed by atoms with E-state index in [1.165, 1.54) is 4.90 Å². The van der Waals surface area contributed by atoms with Crippen LogP contribution in [-0.2, 0) is 14.3 Å². The van der Waals surface area contributed by atoms with Gasteiger partial charge in [0.25, 0.3) is 0 Å². The molecule has 2 atom stereocenters. The van der Waals surface area contributed by atoms with Gasteiger partial charge < -0.3 is 10.1 Å². The summed E-state index contributed by atoms with van der Waals surface area (Å²) in [5, 5.41) is 3.19. The fourth-order valence-electron chi connectivity index (χ4n) is 2.05. The summed E-state index contributed by atoms with van der Waals surface area (Å²) >= 11 is 0. The molecule has 0 aliphatic carbocycles. The average molecular weight is 242 g/mol. The maximum atomic E-state index is 12.0. The first kappa shape index (κ1) is 14.1. The molecule has 0 aromatic heterocycles. The van der Waals surface area contributed by atoms with Crippen molar-refractivity contribution in [3.63, 3.8) is 0 Å². The first-order valence-electron chi connectivity index (χ1n) is 6.08. The summed E-state index contributed by atoms with van der Waals surface area (Å²) in [7, 11) is 1.65. The zero-order valence-electron chi connectivity index (χ0n) is 11.0. The van der Waals surface area contributed by atoms with Crippen molar-refractivity contribution in [2.45, 2.75) is 51.7 Å². The molecular formula is C12H22N2O3. The maximum Gasteiger partial charge on any atom is 0.247 e. The van der Waals surface area contributed by atoms with Gasteiger partial charge in [0.1, 0.15) is 0 Å². The van der Waals surface area contributed by atoms with E-state index in [0.717, 1.165) is 6.42 Å². The molecule has 0 saturated carbocycles. The van der Waals surface area contributed by atoms with Crippen LogP contribution in [0.3, 0.4) is 0 Å².